The molecule has 8 saturated carbocycles. The maximum Gasteiger partial charge on any atom is 0.0596 e. The molecule has 4 heteroatoms. The minimum absolute atomic E-state index is 0.0722. The summed E-state index contributed by atoms with van der Waals surface area (Å²) in [6.45, 7) is 15.1. The van der Waals surface area contributed by atoms with Gasteiger partial charge >= 0.3 is 0 Å². The molecule has 0 heterocycles. The highest BCUT2D eigenvalue weighted by Crippen LogP contribution is 2.68. The van der Waals surface area contributed by atoms with E-state index in [1.54, 1.807) is 0 Å². The molecule has 0 aromatic rings. The minimum Gasteiger partial charge on any atom is -0.393 e. The number of rotatable bonds is 1. The standard InChI is InChI=1S/C40H64N2O2/c1-23-21-39(5)25(7-9-27-29-11-13-35(43)37(29,3)17-15-31(27)39)19-33(23)41-42-34-20-26-8-10-28-30-12-14-36(44)38(30,4)18-16-32(28)40(26,6)22-24(34)2/h23-32,35-36,43-44H,7-22H2,1-6H3/b41-33+,42-34+/t23-,24-,25+,26+,27?,28?,29?,30?,31?,32?,35+,36+,37+,38+,39+,40+/m1/s1. The van der Waals surface area contributed by atoms with Gasteiger partial charge in [-0.1, -0.05) is 41.5 Å². The molecule has 4 nitrogen and oxygen atoms in total. The van der Waals surface area contributed by atoms with Gasteiger partial charge in [0.05, 0.1) is 12.2 Å². The van der Waals surface area contributed by atoms with E-state index in [9.17, 15) is 10.2 Å². The van der Waals surface area contributed by atoms with Crippen molar-refractivity contribution in [2.24, 2.45) is 91.0 Å². The van der Waals surface area contributed by atoms with Crippen molar-refractivity contribution in [3.63, 3.8) is 0 Å². The van der Waals surface area contributed by atoms with E-state index in [0.717, 1.165) is 73.0 Å². The summed E-state index contributed by atoms with van der Waals surface area (Å²) in [7, 11) is 0. The lowest BCUT2D eigenvalue weighted by Crippen LogP contribution is -2.55. The SMILES string of the molecule is C[C@@H]1C[C@]2(C)C3CC[C@@]4(C)C(CC[C@@H]4O)C3CC[C@H]2C/C1=N\N=C1/C[C@@H]2CCC3C4CC[C@H](O)[C@@]4(C)CCC3[C@@]2(C)C[C@H]1C. The topological polar surface area (TPSA) is 65.2 Å². The van der Waals surface area contributed by atoms with Crippen LogP contribution in [0, 0.1) is 80.8 Å². The summed E-state index contributed by atoms with van der Waals surface area (Å²) in [4.78, 5) is 0. The van der Waals surface area contributed by atoms with Crippen molar-refractivity contribution >= 4 is 11.4 Å². The predicted molar refractivity (Wildman–Crippen MR) is 179 cm³/mol. The van der Waals surface area contributed by atoms with Crippen molar-refractivity contribution in [1.82, 2.24) is 0 Å². The molecule has 0 aromatic heterocycles. The van der Waals surface area contributed by atoms with Crippen molar-refractivity contribution in [2.75, 3.05) is 0 Å². The highest BCUT2D eigenvalue weighted by Gasteiger charge is 2.62. The van der Waals surface area contributed by atoms with Gasteiger partial charge in [-0.25, -0.2) is 0 Å². The predicted octanol–water partition coefficient (Wildman–Crippen LogP) is 9.08. The van der Waals surface area contributed by atoms with Crippen LogP contribution in [0.1, 0.15) is 144 Å². The van der Waals surface area contributed by atoms with Crippen LogP contribution in [0.4, 0.5) is 0 Å². The second kappa shape index (κ2) is 10.4. The molecule has 8 fully saturated rings. The second-order valence-corrected chi connectivity index (χ2v) is 19.4. The molecule has 16 atom stereocenters. The fourth-order valence-electron chi connectivity index (χ4n) is 15.2. The molecule has 0 aliphatic heterocycles. The first-order valence-corrected chi connectivity index (χ1v) is 19.4. The van der Waals surface area contributed by atoms with Crippen molar-refractivity contribution in [3.8, 4) is 0 Å². The largest absolute Gasteiger partial charge is 0.393 e. The molecule has 8 aliphatic rings. The van der Waals surface area contributed by atoms with Gasteiger partial charge in [0, 0.05) is 11.4 Å². The molecule has 8 rings (SSSR count). The number of aliphatic hydroxyl groups excluding tert-OH is 2. The van der Waals surface area contributed by atoms with Crippen LogP contribution in [-0.2, 0) is 0 Å². The van der Waals surface area contributed by atoms with Gasteiger partial charge in [0.2, 0.25) is 0 Å². The van der Waals surface area contributed by atoms with E-state index in [1.807, 2.05) is 0 Å². The summed E-state index contributed by atoms with van der Waals surface area (Å²) >= 11 is 0. The Labute approximate surface area is 268 Å². The maximum absolute atomic E-state index is 10.9. The number of aliphatic hydroxyl groups is 2. The molecule has 0 spiro atoms. The van der Waals surface area contributed by atoms with Crippen LogP contribution >= 0.6 is 0 Å². The molecular formula is C40H64N2O2. The summed E-state index contributed by atoms with van der Waals surface area (Å²) in [5.41, 5.74) is 3.99. The zero-order valence-corrected chi connectivity index (χ0v) is 29.0. The van der Waals surface area contributed by atoms with Crippen LogP contribution in [0.3, 0.4) is 0 Å². The first-order chi connectivity index (χ1) is 20.9. The maximum atomic E-state index is 10.9. The van der Waals surface area contributed by atoms with Gasteiger partial charge in [0.25, 0.3) is 0 Å². The summed E-state index contributed by atoms with van der Waals surface area (Å²) in [5.74, 6) is 7.34. The van der Waals surface area contributed by atoms with Crippen molar-refractivity contribution in [3.05, 3.63) is 0 Å². The average molecular weight is 605 g/mol. The van der Waals surface area contributed by atoms with Crippen molar-refractivity contribution in [2.45, 2.75) is 156 Å². The molecule has 0 saturated heterocycles. The molecular weight excluding hydrogens is 540 g/mol. The molecule has 246 valence electrons. The summed E-state index contributed by atoms with van der Waals surface area (Å²) in [5, 5.41) is 32.1. The van der Waals surface area contributed by atoms with Crippen LogP contribution in [0.5, 0.6) is 0 Å². The van der Waals surface area contributed by atoms with E-state index in [4.69, 9.17) is 10.2 Å². The third kappa shape index (κ3) is 4.20. The minimum atomic E-state index is -0.0722. The Bertz CT molecular complexity index is 1120. The molecule has 0 amide bonds. The van der Waals surface area contributed by atoms with Crippen LogP contribution in [-0.4, -0.2) is 33.8 Å². The molecule has 2 N–H and O–H groups in total. The Morgan fingerprint density at radius 2 is 0.886 bits per heavy atom. The van der Waals surface area contributed by atoms with E-state index in [1.165, 1.54) is 88.5 Å². The number of hydrogen-bond donors (Lipinski definition) is 2. The number of nitrogens with zero attached hydrogens (tertiary/aromatic N) is 2. The fourth-order valence-corrected chi connectivity index (χ4v) is 15.2. The number of hydrogen-bond acceptors (Lipinski definition) is 4. The normalized spacial score (nSPS) is 60.2. The van der Waals surface area contributed by atoms with Crippen LogP contribution in [0.2, 0.25) is 0 Å². The van der Waals surface area contributed by atoms with Gasteiger partial charge < -0.3 is 10.2 Å². The Kier molecular flexibility index (Phi) is 7.21. The Morgan fingerprint density at radius 3 is 1.30 bits per heavy atom. The van der Waals surface area contributed by atoms with E-state index < -0.39 is 0 Å². The van der Waals surface area contributed by atoms with Crippen LogP contribution in [0.15, 0.2) is 10.2 Å². The molecule has 8 aliphatic carbocycles. The lowest BCUT2D eigenvalue weighted by Gasteiger charge is -2.61. The summed E-state index contributed by atoms with van der Waals surface area (Å²) in [6, 6.07) is 0. The lowest BCUT2D eigenvalue weighted by atomic mass is 9.44. The quantitative estimate of drug-likeness (QED) is 0.293. The smallest absolute Gasteiger partial charge is 0.0596 e. The Balaban J connectivity index is 0.970. The van der Waals surface area contributed by atoms with Gasteiger partial charge in [0.15, 0.2) is 0 Å². The van der Waals surface area contributed by atoms with Gasteiger partial charge in [0.1, 0.15) is 0 Å². The first kappa shape index (κ1) is 30.6. The molecule has 44 heavy (non-hydrogen) atoms. The molecule has 0 bridgehead atoms. The zero-order valence-electron chi connectivity index (χ0n) is 29.0. The van der Waals surface area contributed by atoms with Gasteiger partial charge in [-0.2, -0.15) is 10.2 Å². The Morgan fingerprint density at radius 1 is 0.500 bits per heavy atom. The molecule has 0 radical (unpaired) electrons. The lowest BCUT2D eigenvalue weighted by molar-refractivity contribution is -0.116. The van der Waals surface area contributed by atoms with E-state index >= 15 is 0 Å². The summed E-state index contributed by atoms with van der Waals surface area (Å²) in [6.07, 6.45) is 19.8. The molecule has 0 aromatic carbocycles. The first-order valence-electron chi connectivity index (χ1n) is 19.4. The van der Waals surface area contributed by atoms with Gasteiger partial charge in [-0.15, -0.1) is 0 Å². The summed E-state index contributed by atoms with van der Waals surface area (Å²) < 4.78 is 0. The monoisotopic (exact) mass is 604 g/mol. The zero-order chi connectivity index (χ0) is 30.8. The van der Waals surface area contributed by atoms with E-state index in [-0.39, 0.29) is 23.0 Å². The Hall–Kier alpha value is -0.740. The average Bonchev–Trinajstić information content (AvgIpc) is 3.46. The second-order valence-electron chi connectivity index (χ2n) is 19.4. The van der Waals surface area contributed by atoms with E-state index in [0.29, 0.717) is 22.7 Å². The van der Waals surface area contributed by atoms with Crippen LogP contribution < -0.4 is 0 Å². The van der Waals surface area contributed by atoms with Crippen molar-refractivity contribution < 1.29 is 10.2 Å². The third-order valence-corrected chi connectivity index (χ3v) is 17.9. The fraction of sp³-hybridized carbons (Fsp3) is 0.950. The number of fused-ring (bicyclic) bond motifs is 10. The highest BCUT2D eigenvalue weighted by atomic mass is 16.3. The van der Waals surface area contributed by atoms with Gasteiger partial charge in [-0.3, -0.25) is 0 Å². The van der Waals surface area contributed by atoms with Crippen molar-refractivity contribution in [1.29, 1.82) is 0 Å². The molecule has 6 unspecified atom stereocenters. The van der Waals surface area contributed by atoms with Crippen LogP contribution in [0.25, 0.3) is 0 Å². The van der Waals surface area contributed by atoms with Gasteiger partial charge in [-0.05, 0) is 184 Å². The highest BCUT2D eigenvalue weighted by molar-refractivity contribution is 5.91. The van der Waals surface area contributed by atoms with E-state index in [2.05, 4.69) is 41.5 Å². The third-order valence-electron chi connectivity index (χ3n) is 17.9.